The molecule has 0 aliphatic rings. The van der Waals surface area contributed by atoms with E-state index < -0.39 is 6.03 Å². The Kier molecular flexibility index (Phi) is 8.46. The molecule has 3 aromatic carbocycles. The fourth-order valence-corrected chi connectivity index (χ4v) is 3.79. The number of nitrogens with zero attached hydrogens (tertiary/aromatic N) is 1. The SMILES string of the molecule is COC(=O)c1ccc(COc2ccc(NC(=O)Nc3cccnc3Oc3ccccc3C(C)(C)C)cc2)cc1. The number of carbonyl (C=O) groups is 2. The van der Waals surface area contributed by atoms with Gasteiger partial charge in [0.15, 0.2) is 0 Å². The van der Waals surface area contributed by atoms with Gasteiger partial charge < -0.3 is 24.8 Å². The van der Waals surface area contributed by atoms with Crippen molar-refractivity contribution in [3.63, 3.8) is 0 Å². The lowest BCUT2D eigenvalue weighted by atomic mass is 9.86. The molecule has 1 aromatic heterocycles. The van der Waals surface area contributed by atoms with Crippen molar-refractivity contribution in [3.8, 4) is 17.4 Å². The lowest BCUT2D eigenvalue weighted by Crippen LogP contribution is -2.20. The first-order chi connectivity index (χ1) is 18.7. The minimum absolute atomic E-state index is 0.124. The average molecular weight is 526 g/mol. The summed E-state index contributed by atoms with van der Waals surface area (Å²) >= 11 is 0. The second kappa shape index (κ2) is 12.1. The number of ether oxygens (including phenoxy) is 3. The number of rotatable bonds is 8. The predicted molar refractivity (Wildman–Crippen MR) is 151 cm³/mol. The quantitative estimate of drug-likeness (QED) is 0.236. The van der Waals surface area contributed by atoms with Gasteiger partial charge in [0.25, 0.3) is 0 Å². The maximum atomic E-state index is 12.7. The van der Waals surface area contributed by atoms with Crippen molar-refractivity contribution in [3.05, 3.63) is 108 Å². The van der Waals surface area contributed by atoms with Crippen LogP contribution in [0.5, 0.6) is 17.4 Å². The summed E-state index contributed by atoms with van der Waals surface area (Å²) in [6.07, 6.45) is 1.62. The number of pyridine rings is 1. The van der Waals surface area contributed by atoms with Gasteiger partial charge in [0, 0.05) is 17.4 Å². The summed E-state index contributed by atoms with van der Waals surface area (Å²) in [4.78, 5) is 28.6. The Balaban J connectivity index is 1.35. The van der Waals surface area contributed by atoms with E-state index in [4.69, 9.17) is 14.2 Å². The van der Waals surface area contributed by atoms with Crippen LogP contribution in [-0.4, -0.2) is 24.1 Å². The van der Waals surface area contributed by atoms with E-state index in [9.17, 15) is 9.59 Å². The van der Waals surface area contributed by atoms with Gasteiger partial charge in [-0.3, -0.25) is 0 Å². The molecule has 2 amide bonds. The van der Waals surface area contributed by atoms with Crippen molar-refractivity contribution in [2.24, 2.45) is 0 Å². The molecule has 0 saturated carbocycles. The molecule has 0 bridgehead atoms. The summed E-state index contributed by atoms with van der Waals surface area (Å²) in [5.74, 6) is 1.24. The van der Waals surface area contributed by atoms with E-state index in [-0.39, 0.29) is 11.4 Å². The van der Waals surface area contributed by atoms with E-state index >= 15 is 0 Å². The van der Waals surface area contributed by atoms with Crippen LogP contribution in [-0.2, 0) is 16.8 Å². The van der Waals surface area contributed by atoms with Gasteiger partial charge in [0.1, 0.15) is 23.8 Å². The number of hydrogen-bond donors (Lipinski definition) is 2. The maximum absolute atomic E-state index is 12.7. The molecule has 0 spiro atoms. The third-order valence-corrected chi connectivity index (χ3v) is 5.81. The number of aromatic nitrogens is 1. The van der Waals surface area contributed by atoms with E-state index in [1.807, 2.05) is 36.4 Å². The summed E-state index contributed by atoms with van der Waals surface area (Å²) in [7, 11) is 1.35. The Hall–Kier alpha value is -4.85. The predicted octanol–water partition coefficient (Wildman–Crippen LogP) is 7.18. The molecule has 0 saturated heterocycles. The van der Waals surface area contributed by atoms with Crippen LogP contribution in [0.25, 0.3) is 0 Å². The van der Waals surface area contributed by atoms with Gasteiger partial charge in [-0.25, -0.2) is 14.6 Å². The molecular formula is C31H31N3O5. The van der Waals surface area contributed by atoms with Crippen molar-refractivity contribution in [1.29, 1.82) is 0 Å². The Morgan fingerprint density at radius 1 is 0.846 bits per heavy atom. The van der Waals surface area contributed by atoms with Crippen LogP contribution in [0.2, 0.25) is 0 Å². The van der Waals surface area contributed by atoms with Crippen LogP contribution >= 0.6 is 0 Å². The van der Waals surface area contributed by atoms with Crippen molar-refractivity contribution < 1.29 is 23.8 Å². The summed E-state index contributed by atoms with van der Waals surface area (Å²) in [6, 6.07) is 24.8. The number of methoxy groups -OCH3 is 1. The second-order valence-electron chi connectivity index (χ2n) is 9.79. The number of nitrogens with one attached hydrogen (secondary N) is 2. The molecule has 39 heavy (non-hydrogen) atoms. The molecule has 200 valence electrons. The minimum atomic E-state index is -0.434. The second-order valence-corrected chi connectivity index (χ2v) is 9.79. The van der Waals surface area contributed by atoms with Crippen molar-refractivity contribution in [2.45, 2.75) is 32.8 Å². The van der Waals surface area contributed by atoms with Gasteiger partial charge in [0.2, 0.25) is 5.88 Å². The van der Waals surface area contributed by atoms with Gasteiger partial charge in [-0.15, -0.1) is 0 Å². The molecule has 0 unspecified atom stereocenters. The minimum Gasteiger partial charge on any atom is -0.489 e. The van der Waals surface area contributed by atoms with Crippen LogP contribution in [0.3, 0.4) is 0 Å². The normalized spacial score (nSPS) is 10.9. The van der Waals surface area contributed by atoms with Gasteiger partial charge in [0.05, 0.1) is 12.7 Å². The first kappa shape index (κ1) is 27.2. The largest absolute Gasteiger partial charge is 0.489 e. The number of hydrogen-bond acceptors (Lipinski definition) is 6. The van der Waals surface area contributed by atoms with Gasteiger partial charge in [-0.2, -0.15) is 0 Å². The van der Waals surface area contributed by atoms with Crippen molar-refractivity contribution in [1.82, 2.24) is 4.98 Å². The zero-order chi connectivity index (χ0) is 27.8. The van der Waals surface area contributed by atoms with E-state index in [0.29, 0.717) is 40.9 Å². The number of carbonyl (C=O) groups excluding carboxylic acids is 2. The standard InChI is InChI=1S/C31H31N3O5/c1-31(2,3)25-8-5-6-10-27(25)39-28-26(9-7-19-32-28)34-30(36)33-23-15-17-24(18-16-23)38-20-21-11-13-22(14-12-21)29(35)37-4/h5-19H,20H2,1-4H3,(H2,33,34,36). The van der Waals surface area contributed by atoms with E-state index in [0.717, 1.165) is 11.1 Å². The molecule has 4 rings (SSSR count). The van der Waals surface area contributed by atoms with E-state index in [2.05, 4.69) is 36.4 Å². The number of urea groups is 1. The number of amides is 2. The summed E-state index contributed by atoms with van der Waals surface area (Å²) in [5.41, 5.74) is 3.33. The fraction of sp³-hybridized carbons (Fsp3) is 0.194. The molecule has 2 N–H and O–H groups in total. The van der Waals surface area contributed by atoms with Crippen LogP contribution in [0.4, 0.5) is 16.2 Å². The first-order valence-corrected chi connectivity index (χ1v) is 12.4. The Morgan fingerprint density at radius 3 is 2.26 bits per heavy atom. The van der Waals surface area contributed by atoms with Crippen LogP contribution in [0.1, 0.15) is 42.3 Å². The summed E-state index contributed by atoms with van der Waals surface area (Å²) in [6.45, 7) is 6.66. The molecule has 1 heterocycles. The summed E-state index contributed by atoms with van der Waals surface area (Å²) < 4.78 is 16.6. The molecule has 0 fully saturated rings. The zero-order valence-electron chi connectivity index (χ0n) is 22.4. The number of para-hydroxylation sites is 1. The van der Waals surface area contributed by atoms with Crippen LogP contribution in [0, 0.1) is 0 Å². The molecule has 8 heteroatoms. The van der Waals surface area contributed by atoms with E-state index in [1.165, 1.54) is 7.11 Å². The fourth-order valence-electron chi connectivity index (χ4n) is 3.79. The van der Waals surface area contributed by atoms with Crippen molar-refractivity contribution in [2.75, 3.05) is 17.7 Å². The molecule has 0 aliphatic carbocycles. The van der Waals surface area contributed by atoms with Crippen LogP contribution < -0.4 is 20.1 Å². The molecule has 8 nitrogen and oxygen atoms in total. The molecule has 0 atom stereocenters. The lowest BCUT2D eigenvalue weighted by Gasteiger charge is -2.22. The molecular weight excluding hydrogens is 494 g/mol. The van der Waals surface area contributed by atoms with Crippen molar-refractivity contribution >= 4 is 23.4 Å². The maximum Gasteiger partial charge on any atom is 0.337 e. The number of benzene rings is 3. The highest BCUT2D eigenvalue weighted by molar-refractivity contribution is 6.00. The topological polar surface area (TPSA) is 98.8 Å². The highest BCUT2D eigenvalue weighted by Crippen LogP contribution is 2.35. The number of esters is 1. The van der Waals surface area contributed by atoms with E-state index in [1.54, 1.807) is 54.7 Å². The monoisotopic (exact) mass is 525 g/mol. The Morgan fingerprint density at radius 2 is 1.56 bits per heavy atom. The Bertz CT molecular complexity index is 1430. The first-order valence-electron chi connectivity index (χ1n) is 12.4. The third kappa shape index (κ3) is 7.35. The highest BCUT2D eigenvalue weighted by Gasteiger charge is 2.20. The van der Waals surface area contributed by atoms with Crippen LogP contribution in [0.15, 0.2) is 91.1 Å². The molecule has 0 aliphatic heterocycles. The summed E-state index contributed by atoms with van der Waals surface area (Å²) in [5, 5.41) is 5.62. The Labute approximate surface area is 228 Å². The molecule has 0 radical (unpaired) electrons. The highest BCUT2D eigenvalue weighted by atomic mass is 16.5. The smallest absolute Gasteiger partial charge is 0.337 e. The van der Waals surface area contributed by atoms with Gasteiger partial charge in [-0.05, 0) is 65.6 Å². The third-order valence-electron chi connectivity index (χ3n) is 5.81. The lowest BCUT2D eigenvalue weighted by molar-refractivity contribution is 0.0600. The van der Waals surface area contributed by atoms with Gasteiger partial charge >= 0.3 is 12.0 Å². The zero-order valence-corrected chi connectivity index (χ0v) is 22.4. The molecule has 4 aromatic rings. The van der Waals surface area contributed by atoms with Gasteiger partial charge in [-0.1, -0.05) is 51.1 Å². The average Bonchev–Trinajstić information content (AvgIpc) is 2.93. The number of anilines is 2.